The lowest BCUT2D eigenvalue weighted by Gasteiger charge is -2.05. The molecule has 0 bridgehead atoms. The van der Waals surface area contributed by atoms with E-state index in [9.17, 15) is 0 Å². The largest absolute Gasteiger partial charge is 0.383 e. The van der Waals surface area contributed by atoms with Crippen LogP contribution in [0.4, 0.5) is 5.82 Å². The molecule has 2 aromatic heterocycles. The molecule has 0 radical (unpaired) electrons. The van der Waals surface area contributed by atoms with Crippen molar-refractivity contribution in [1.29, 1.82) is 0 Å². The molecular formula is C15H17N5. The number of anilines is 1. The highest BCUT2D eigenvalue weighted by Crippen LogP contribution is 2.39. The third kappa shape index (κ3) is 1.56. The number of nitrogen functional groups attached to an aromatic ring is 1. The van der Waals surface area contributed by atoms with Gasteiger partial charge in [-0.15, -0.1) is 0 Å². The van der Waals surface area contributed by atoms with E-state index in [2.05, 4.69) is 34.8 Å². The molecule has 0 amide bonds. The van der Waals surface area contributed by atoms with Gasteiger partial charge in [0.2, 0.25) is 0 Å². The monoisotopic (exact) mass is 267 g/mol. The first-order valence-electron chi connectivity index (χ1n) is 6.91. The van der Waals surface area contributed by atoms with Gasteiger partial charge in [-0.25, -0.2) is 4.98 Å². The lowest BCUT2D eigenvalue weighted by molar-refractivity contribution is 0.734. The summed E-state index contributed by atoms with van der Waals surface area (Å²) in [6.45, 7) is 2.08. The van der Waals surface area contributed by atoms with E-state index in [1.807, 2.05) is 7.05 Å². The molecule has 1 aliphatic carbocycles. The Labute approximate surface area is 117 Å². The minimum atomic E-state index is 0.648. The number of hydrogen-bond donors (Lipinski definition) is 1. The van der Waals surface area contributed by atoms with Gasteiger partial charge in [-0.1, -0.05) is 6.07 Å². The number of aromatic nitrogens is 4. The maximum absolute atomic E-state index is 6.05. The van der Waals surface area contributed by atoms with Gasteiger partial charge in [-0.05, 0) is 37.5 Å². The molecule has 0 aliphatic heterocycles. The van der Waals surface area contributed by atoms with Crippen LogP contribution in [0.2, 0.25) is 0 Å². The van der Waals surface area contributed by atoms with Crippen molar-refractivity contribution in [3.63, 3.8) is 0 Å². The summed E-state index contributed by atoms with van der Waals surface area (Å²) >= 11 is 0. The van der Waals surface area contributed by atoms with Gasteiger partial charge in [0.1, 0.15) is 11.6 Å². The van der Waals surface area contributed by atoms with Crippen molar-refractivity contribution in [2.45, 2.75) is 25.8 Å². The van der Waals surface area contributed by atoms with Crippen molar-refractivity contribution in [3.05, 3.63) is 30.2 Å². The van der Waals surface area contributed by atoms with Crippen molar-refractivity contribution in [2.75, 3.05) is 5.73 Å². The summed E-state index contributed by atoms with van der Waals surface area (Å²) in [5.74, 6) is 1.78. The number of nitrogens with two attached hydrogens (primary N) is 1. The summed E-state index contributed by atoms with van der Waals surface area (Å²) < 4.78 is 4.04. The van der Waals surface area contributed by atoms with E-state index in [1.54, 1.807) is 10.9 Å². The van der Waals surface area contributed by atoms with Crippen molar-refractivity contribution < 1.29 is 0 Å². The average molecular weight is 267 g/mol. The van der Waals surface area contributed by atoms with Gasteiger partial charge >= 0.3 is 0 Å². The molecule has 2 N–H and O–H groups in total. The predicted octanol–water partition coefficient (Wildman–Crippen LogP) is 2.66. The van der Waals surface area contributed by atoms with Gasteiger partial charge in [-0.3, -0.25) is 4.68 Å². The van der Waals surface area contributed by atoms with Crippen molar-refractivity contribution in [2.24, 2.45) is 7.05 Å². The topological polar surface area (TPSA) is 61.7 Å². The second kappa shape index (κ2) is 3.85. The van der Waals surface area contributed by atoms with Gasteiger partial charge in [0.25, 0.3) is 0 Å². The number of fused-ring (bicyclic) bond motifs is 1. The Morgan fingerprint density at radius 2 is 2.10 bits per heavy atom. The summed E-state index contributed by atoms with van der Waals surface area (Å²) in [5.41, 5.74) is 10.3. The zero-order valence-electron chi connectivity index (χ0n) is 11.7. The first-order chi connectivity index (χ1) is 9.65. The summed E-state index contributed by atoms with van der Waals surface area (Å²) in [6, 6.07) is 7.01. The highest BCUT2D eigenvalue weighted by Gasteiger charge is 2.27. The summed E-state index contributed by atoms with van der Waals surface area (Å²) in [5, 5.41) is 4.20. The lowest BCUT2D eigenvalue weighted by atomic mass is 10.1. The van der Waals surface area contributed by atoms with Crippen LogP contribution in [0.1, 0.15) is 24.7 Å². The normalized spacial score (nSPS) is 15.1. The predicted molar refractivity (Wildman–Crippen MR) is 79.4 cm³/mol. The number of nitrogens with zero attached hydrogens (tertiary/aromatic N) is 4. The molecule has 5 heteroatoms. The number of imidazole rings is 1. The van der Waals surface area contributed by atoms with Crippen LogP contribution in [0.25, 0.3) is 22.2 Å². The molecule has 102 valence electrons. The second-order valence-corrected chi connectivity index (χ2v) is 5.53. The SMILES string of the molecule is Cc1nc2cc(-c3cnn(C)c3N)ccc2n1C1CC1. The standard InChI is InChI=1S/C15H17N5/c1-9-18-13-7-10(12-8-17-19(2)15(12)16)3-6-14(13)20(9)11-4-5-11/h3,6-8,11H,4-5,16H2,1-2H3. The third-order valence-corrected chi connectivity index (χ3v) is 4.07. The molecule has 0 spiro atoms. The second-order valence-electron chi connectivity index (χ2n) is 5.53. The van der Waals surface area contributed by atoms with Crippen LogP contribution >= 0.6 is 0 Å². The zero-order chi connectivity index (χ0) is 13.9. The van der Waals surface area contributed by atoms with Crippen LogP contribution in [0, 0.1) is 6.92 Å². The molecule has 0 atom stereocenters. The first kappa shape index (κ1) is 11.5. The van der Waals surface area contributed by atoms with Crippen molar-refractivity contribution in [3.8, 4) is 11.1 Å². The molecule has 0 saturated heterocycles. The highest BCUT2D eigenvalue weighted by molar-refractivity contribution is 5.85. The molecule has 2 heterocycles. The van der Waals surface area contributed by atoms with Crippen LogP contribution in [0.15, 0.2) is 24.4 Å². The highest BCUT2D eigenvalue weighted by atomic mass is 15.3. The maximum atomic E-state index is 6.05. The fourth-order valence-electron chi connectivity index (χ4n) is 2.85. The summed E-state index contributed by atoms with van der Waals surface area (Å²) in [7, 11) is 1.85. The quantitative estimate of drug-likeness (QED) is 0.776. The Morgan fingerprint density at radius 3 is 2.75 bits per heavy atom. The third-order valence-electron chi connectivity index (χ3n) is 4.07. The van der Waals surface area contributed by atoms with Crippen LogP contribution in [0.5, 0.6) is 0 Å². The van der Waals surface area contributed by atoms with Gasteiger partial charge in [-0.2, -0.15) is 5.10 Å². The van der Waals surface area contributed by atoms with E-state index in [4.69, 9.17) is 10.7 Å². The Balaban J connectivity index is 1.89. The Bertz CT molecular complexity index is 807. The Morgan fingerprint density at radius 1 is 1.30 bits per heavy atom. The molecule has 1 aliphatic rings. The van der Waals surface area contributed by atoms with E-state index >= 15 is 0 Å². The molecule has 5 nitrogen and oxygen atoms in total. The fraction of sp³-hybridized carbons (Fsp3) is 0.333. The molecular weight excluding hydrogens is 250 g/mol. The van der Waals surface area contributed by atoms with Crippen LogP contribution < -0.4 is 5.73 Å². The van der Waals surface area contributed by atoms with Crippen molar-refractivity contribution >= 4 is 16.9 Å². The van der Waals surface area contributed by atoms with E-state index in [0.29, 0.717) is 11.9 Å². The van der Waals surface area contributed by atoms with E-state index < -0.39 is 0 Å². The van der Waals surface area contributed by atoms with Crippen LogP contribution in [-0.2, 0) is 7.05 Å². The minimum absolute atomic E-state index is 0.648. The number of rotatable bonds is 2. The number of benzene rings is 1. The number of hydrogen-bond acceptors (Lipinski definition) is 3. The summed E-state index contributed by atoms with van der Waals surface area (Å²) in [4.78, 5) is 4.69. The van der Waals surface area contributed by atoms with Gasteiger partial charge in [0, 0.05) is 18.7 Å². The van der Waals surface area contributed by atoms with Gasteiger partial charge < -0.3 is 10.3 Å². The first-order valence-corrected chi connectivity index (χ1v) is 6.91. The van der Waals surface area contributed by atoms with E-state index in [1.165, 1.54) is 18.4 Å². The zero-order valence-corrected chi connectivity index (χ0v) is 11.7. The smallest absolute Gasteiger partial charge is 0.129 e. The van der Waals surface area contributed by atoms with E-state index in [0.717, 1.165) is 22.5 Å². The molecule has 1 aromatic carbocycles. The molecule has 20 heavy (non-hydrogen) atoms. The average Bonchev–Trinajstić information content (AvgIpc) is 3.13. The molecule has 3 aromatic rings. The Kier molecular flexibility index (Phi) is 2.22. The fourth-order valence-corrected chi connectivity index (χ4v) is 2.85. The maximum Gasteiger partial charge on any atom is 0.129 e. The Hall–Kier alpha value is -2.30. The molecule has 1 saturated carbocycles. The van der Waals surface area contributed by atoms with E-state index in [-0.39, 0.29) is 0 Å². The van der Waals surface area contributed by atoms with Gasteiger partial charge in [0.05, 0.1) is 17.2 Å². The summed E-state index contributed by atoms with van der Waals surface area (Å²) in [6.07, 6.45) is 4.34. The van der Waals surface area contributed by atoms with Gasteiger partial charge in [0.15, 0.2) is 0 Å². The molecule has 0 unspecified atom stereocenters. The lowest BCUT2D eigenvalue weighted by Crippen LogP contribution is -1.98. The van der Waals surface area contributed by atoms with Crippen molar-refractivity contribution in [1.82, 2.24) is 19.3 Å². The molecule has 1 fully saturated rings. The number of aryl methyl sites for hydroxylation is 2. The molecule has 4 rings (SSSR count). The van der Waals surface area contributed by atoms with Crippen LogP contribution in [0.3, 0.4) is 0 Å². The van der Waals surface area contributed by atoms with Crippen LogP contribution in [-0.4, -0.2) is 19.3 Å². The minimum Gasteiger partial charge on any atom is -0.383 e.